The van der Waals surface area contributed by atoms with Crippen LogP contribution in [0.15, 0.2) is 24.5 Å². The van der Waals surface area contributed by atoms with Crippen LogP contribution in [0.5, 0.6) is 5.88 Å². The Morgan fingerprint density at radius 3 is 2.62 bits per heavy atom. The molecule has 158 valence electrons. The molecule has 1 aromatic carbocycles. The van der Waals surface area contributed by atoms with E-state index in [0.29, 0.717) is 43.5 Å². The average Bonchev–Trinajstić information content (AvgIpc) is 2.72. The van der Waals surface area contributed by atoms with Crippen molar-refractivity contribution in [2.75, 3.05) is 57.4 Å². The van der Waals surface area contributed by atoms with Crippen LogP contribution in [-0.2, 0) is 4.74 Å². The lowest BCUT2D eigenvalue weighted by Gasteiger charge is -2.41. The minimum atomic E-state index is -2.55. The summed E-state index contributed by atoms with van der Waals surface area (Å²) in [7, 11) is 0. The van der Waals surface area contributed by atoms with Crippen molar-refractivity contribution in [2.45, 2.75) is 24.9 Å². The summed E-state index contributed by atoms with van der Waals surface area (Å²) in [6.45, 7) is 4.54. The molecule has 2 fully saturated rings. The summed E-state index contributed by atoms with van der Waals surface area (Å²) in [6, 6.07) is 5.74. The van der Waals surface area contributed by atoms with E-state index >= 15 is 0 Å². The van der Waals surface area contributed by atoms with Gasteiger partial charge in [-0.1, -0.05) is 0 Å². The topological polar surface area (TPSA) is 71.0 Å². The number of halogens is 2. The zero-order valence-corrected chi connectivity index (χ0v) is 16.3. The van der Waals surface area contributed by atoms with Crippen molar-refractivity contribution in [3.63, 3.8) is 0 Å². The summed E-state index contributed by atoms with van der Waals surface area (Å²) in [4.78, 5) is 12.8. The van der Waals surface area contributed by atoms with Crippen molar-refractivity contribution in [3.8, 4) is 5.88 Å². The molecule has 7 nitrogen and oxygen atoms in total. The normalized spacial score (nSPS) is 20.3. The fourth-order valence-corrected chi connectivity index (χ4v) is 3.96. The van der Waals surface area contributed by atoms with Gasteiger partial charge in [0.05, 0.1) is 16.5 Å². The maximum Gasteiger partial charge on any atom is 0.272 e. The van der Waals surface area contributed by atoms with Gasteiger partial charge >= 0.3 is 0 Å². The van der Waals surface area contributed by atoms with Crippen LogP contribution >= 0.6 is 0 Å². The predicted octanol–water partition coefficient (Wildman–Crippen LogP) is 1.94. The standard InChI is InChI=1S/C20H26F2N4O3/c21-18(22)12-29-19-16-11-15(1-2-17(16)23-14-24-19)26-7-5-25(6-8-26)13-20(27)3-9-28-10-4-20/h1-2,11,14,18,27H,3-10,12-13H2. The van der Waals surface area contributed by atoms with Gasteiger partial charge in [0.2, 0.25) is 5.88 Å². The molecule has 29 heavy (non-hydrogen) atoms. The lowest BCUT2D eigenvalue weighted by atomic mass is 9.93. The summed E-state index contributed by atoms with van der Waals surface area (Å²) < 4.78 is 35.6. The van der Waals surface area contributed by atoms with E-state index in [2.05, 4.69) is 19.8 Å². The molecule has 0 saturated carbocycles. The molecule has 0 spiro atoms. The van der Waals surface area contributed by atoms with Crippen molar-refractivity contribution in [1.29, 1.82) is 0 Å². The number of rotatable bonds is 6. The Bertz CT molecular complexity index is 824. The van der Waals surface area contributed by atoms with Crippen LogP contribution in [-0.4, -0.2) is 84.5 Å². The molecule has 0 amide bonds. The van der Waals surface area contributed by atoms with Crippen LogP contribution in [0.3, 0.4) is 0 Å². The van der Waals surface area contributed by atoms with E-state index in [4.69, 9.17) is 9.47 Å². The first-order valence-corrected chi connectivity index (χ1v) is 9.96. The molecule has 0 aliphatic carbocycles. The monoisotopic (exact) mass is 408 g/mol. The van der Waals surface area contributed by atoms with Crippen molar-refractivity contribution in [3.05, 3.63) is 24.5 Å². The second-order valence-electron chi connectivity index (χ2n) is 7.68. The number of hydrogen-bond acceptors (Lipinski definition) is 7. The van der Waals surface area contributed by atoms with E-state index in [9.17, 15) is 13.9 Å². The highest BCUT2D eigenvalue weighted by atomic mass is 19.3. The highest BCUT2D eigenvalue weighted by Gasteiger charge is 2.33. The number of hydrogen-bond donors (Lipinski definition) is 1. The van der Waals surface area contributed by atoms with Gasteiger partial charge in [-0.05, 0) is 18.2 Å². The largest absolute Gasteiger partial charge is 0.471 e. The Balaban J connectivity index is 1.42. The van der Waals surface area contributed by atoms with Crippen LogP contribution in [0.25, 0.3) is 10.9 Å². The van der Waals surface area contributed by atoms with Crippen LogP contribution in [0.4, 0.5) is 14.5 Å². The van der Waals surface area contributed by atoms with E-state index in [1.807, 2.05) is 18.2 Å². The third kappa shape index (κ3) is 4.91. The van der Waals surface area contributed by atoms with Crippen molar-refractivity contribution < 1.29 is 23.4 Å². The molecule has 2 saturated heterocycles. The maximum absolute atomic E-state index is 12.5. The number of β-amino-alcohol motifs (C(OH)–C–C–N with tert-alkyl or cyclic N) is 1. The smallest absolute Gasteiger partial charge is 0.272 e. The van der Waals surface area contributed by atoms with Crippen molar-refractivity contribution in [1.82, 2.24) is 14.9 Å². The predicted molar refractivity (Wildman–Crippen MR) is 105 cm³/mol. The fourth-order valence-electron chi connectivity index (χ4n) is 3.96. The van der Waals surface area contributed by atoms with Gasteiger partial charge in [-0.25, -0.2) is 18.7 Å². The van der Waals surface area contributed by atoms with Gasteiger partial charge < -0.3 is 19.5 Å². The molecule has 0 bridgehead atoms. The zero-order valence-electron chi connectivity index (χ0n) is 16.3. The molecular formula is C20H26F2N4O3. The third-order valence-corrected chi connectivity index (χ3v) is 5.61. The Kier molecular flexibility index (Phi) is 6.07. The van der Waals surface area contributed by atoms with Gasteiger partial charge in [-0.15, -0.1) is 0 Å². The number of piperazine rings is 1. The molecule has 2 aromatic rings. The number of anilines is 1. The Hall–Kier alpha value is -2.10. The van der Waals surface area contributed by atoms with E-state index in [0.717, 1.165) is 31.9 Å². The molecule has 2 aliphatic rings. The number of aliphatic hydroxyl groups is 1. The summed E-state index contributed by atoms with van der Waals surface area (Å²) >= 11 is 0. The number of fused-ring (bicyclic) bond motifs is 1. The van der Waals surface area contributed by atoms with Gasteiger partial charge in [0.15, 0.2) is 6.61 Å². The number of benzene rings is 1. The number of alkyl halides is 2. The van der Waals surface area contributed by atoms with E-state index < -0.39 is 18.6 Å². The van der Waals surface area contributed by atoms with Gasteiger partial charge in [0.25, 0.3) is 6.43 Å². The molecule has 4 rings (SSSR count). The Labute approximate surface area is 168 Å². The molecule has 2 aliphatic heterocycles. The van der Waals surface area contributed by atoms with Crippen LogP contribution in [0.2, 0.25) is 0 Å². The van der Waals surface area contributed by atoms with Crippen LogP contribution in [0.1, 0.15) is 12.8 Å². The average molecular weight is 408 g/mol. The molecule has 0 atom stereocenters. The first-order valence-electron chi connectivity index (χ1n) is 9.96. The molecular weight excluding hydrogens is 382 g/mol. The summed E-state index contributed by atoms with van der Waals surface area (Å²) in [6.07, 6.45) is 0.128. The van der Waals surface area contributed by atoms with E-state index in [1.54, 1.807) is 0 Å². The van der Waals surface area contributed by atoms with Crippen molar-refractivity contribution in [2.24, 2.45) is 0 Å². The highest BCUT2D eigenvalue weighted by Crippen LogP contribution is 2.28. The first-order chi connectivity index (χ1) is 14.0. The second-order valence-corrected chi connectivity index (χ2v) is 7.68. The maximum atomic E-state index is 12.5. The Morgan fingerprint density at radius 1 is 1.14 bits per heavy atom. The number of aromatic nitrogens is 2. The minimum Gasteiger partial charge on any atom is -0.471 e. The fraction of sp³-hybridized carbons (Fsp3) is 0.600. The van der Waals surface area contributed by atoms with Gasteiger partial charge in [-0.2, -0.15) is 0 Å². The molecule has 0 unspecified atom stereocenters. The number of nitrogens with zero attached hydrogens (tertiary/aromatic N) is 4. The first kappa shape index (κ1) is 20.2. The Morgan fingerprint density at radius 2 is 1.90 bits per heavy atom. The number of ether oxygens (including phenoxy) is 2. The molecule has 0 radical (unpaired) electrons. The van der Waals surface area contributed by atoms with Crippen LogP contribution < -0.4 is 9.64 Å². The summed E-state index contributed by atoms with van der Waals surface area (Å²) in [5, 5.41) is 11.4. The van der Waals surface area contributed by atoms with E-state index in [-0.39, 0.29) is 5.88 Å². The van der Waals surface area contributed by atoms with Gasteiger partial charge in [-0.3, -0.25) is 4.90 Å². The molecule has 3 heterocycles. The summed E-state index contributed by atoms with van der Waals surface area (Å²) in [5.41, 5.74) is 0.990. The zero-order chi connectivity index (χ0) is 20.3. The second kappa shape index (κ2) is 8.73. The quantitative estimate of drug-likeness (QED) is 0.783. The van der Waals surface area contributed by atoms with Gasteiger partial charge in [0, 0.05) is 64.5 Å². The lowest BCUT2D eigenvalue weighted by Crippen LogP contribution is -2.53. The van der Waals surface area contributed by atoms with Crippen LogP contribution in [0, 0.1) is 0 Å². The summed E-state index contributed by atoms with van der Waals surface area (Å²) in [5.74, 6) is 0.178. The molecule has 9 heteroatoms. The lowest BCUT2D eigenvalue weighted by molar-refractivity contribution is -0.0802. The van der Waals surface area contributed by atoms with Crippen molar-refractivity contribution >= 4 is 16.6 Å². The van der Waals surface area contributed by atoms with E-state index in [1.165, 1.54) is 6.33 Å². The third-order valence-electron chi connectivity index (χ3n) is 5.61. The molecule has 1 N–H and O–H groups in total. The molecule has 1 aromatic heterocycles. The highest BCUT2D eigenvalue weighted by molar-refractivity contribution is 5.86. The SMILES string of the molecule is OC1(CN2CCN(c3ccc4ncnc(OCC(F)F)c4c3)CC2)CCOCC1. The minimum absolute atomic E-state index is 0.178. The van der Waals surface area contributed by atoms with Gasteiger partial charge in [0.1, 0.15) is 6.33 Å².